The molecule has 2 N–H and O–H groups in total. The van der Waals surface area contributed by atoms with Gasteiger partial charge >= 0.3 is 5.97 Å². The van der Waals surface area contributed by atoms with Gasteiger partial charge in [-0.15, -0.1) is 0 Å². The molecule has 1 aliphatic heterocycles. The van der Waals surface area contributed by atoms with Crippen molar-refractivity contribution in [2.24, 2.45) is 5.16 Å². The first kappa shape index (κ1) is 8.00. The predicted molar refractivity (Wildman–Crippen MR) is 38.5 cm³/mol. The van der Waals surface area contributed by atoms with Crippen molar-refractivity contribution < 1.29 is 14.7 Å². The third-order valence-corrected chi connectivity index (χ3v) is 1.52. The van der Waals surface area contributed by atoms with Crippen molar-refractivity contribution in [3.8, 4) is 0 Å². The summed E-state index contributed by atoms with van der Waals surface area (Å²) in [6.45, 7) is 0.652. The molecule has 0 amide bonds. The van der Waals surface area contributed by atoms with Gasteiger partial charge in [-0.3, -0.25) is 10.1 Å². The van der Waals surface area contributed by atoms with E-state index in [-0.39, 0.29) is 0 Å². The van der Waals surface area contributed by atoms with Crippen LogP contribution in [0.15, 0.2) is 5.16 Å². The average Bonchev–Trinajstić information content (AvgIpc) is 2.36. The van der Waals surface area contributed by atoms with Crippen LogP contribution in [0.1, 0.15) is 6.42 Å². The minimum atomic E-state index is -0.904. The third kappa shape index (κ3) is 1.68. The molecule has 1 saturated heterocycles. The maximum absolute atomic E-state index is 10.5. The van der Waals surface area contributed by atoms with Crippen LogP contribution in [-0.4, -0.2) is 36.5 Å². The monoisotopic (exact) mass is 158 g/mol. The normalized spacial score (nSPS) is 27.4. The van der Waals surface area contributed by atoms with Crippen molar-refractivity contribution in [1.29, 1.82) is 0 Å². The van der Waals surface area contributed by atoms with E-state index in [9.17, 15) is 4.79 Å². The fourth-order valence-electron chi connectivity index (χ4n) is 1.05. The fourth-order valence-corrected chi connectivity index (χ4v) is 1.05. The smallest absolute Gasteiger partial charge is 0.326 e. The van der Waals surface area contributed by atoms with Gasteiger partial charge in [0.1, 0.15) is 13.2 Å². The molecule has 0 spiro atoms. The SMILES string of the molecule is CON=C1CCNC1C(=O)O. The predicted octanol–water partition coefficient (Wildman–Crippen LogP) is -0.565. The second-order valence-corrected chi connectivity index (χ2v) is 2.24. The second kappa shape index (κ2) is 3.34. The topological polar surface area (TPSA) is 70.9 Å². The molecule has 1 fully saturated rings. The van der Waals surface area contributed by atoms with Gasteiger partial charge in [0.25, 0.3) is 0 Å². The molecule has 11 heavy (non-hydrogen) atoms. The van der Waals surface area contributed by atoms with Crippen molar-refractivity contribution in [1.82, 2.24) is 5.32 Å². The lowest BCUT2D eigenvalue weighted by Crippen LogP contribution is -2.35. The van der Waals surface area contributed by atoms with Gasteiger partial charge in [0.15, 0.2) is 0 Å². The summed E-state index contributed by atoms with van der Waals surface area (Å²) in [5, 5.41) is 15.0. The number of nitrogens with zero attached hydrogens (tertiary/aromatic N) is 1. The summed E-state index contributed by atoms with van der Waals surface area (Å²) < 4.78 is 0. The number of carbonyl (C=O) groups is 1. The first-order chi connectivity index (χ1) is 5.25. The summed E-state index contributed by atoms with van der Waals surface area (Å²) in [4.78, 5) is 15.0. The van der Waals surface area contributed by atoms with Crippen LogP contribution in [0.3, 0.4) is 0 Å². The largest absolute Gasteiger partial charge is 0.480 e. The first-order valence-electron chi connectivity index (χ1n) is 3.32. The van der Waals surface area contributed by atoms with Crippen LogP contribution < -0.4 is 5.32 Å². The van der Waals surface area contributed by atoms with Gasteiger partial charge in [0.2, 0.25) is 0 Å². The first-order valence-corrected chi connectivity index (χ1v) is 3.32. The molecule has 0 radical (unpaired) electrons. The van der Waals surface area contributed by atoms with Crippen molar-refractivity contribution in [3.63, 3.8) is 0 Å². The van der Waals surface area contributed by atoms with E-state index in [0.29, 0.717) is 18.7 Å². The van der Waals surface area contributed by atoms with E-state index in [0.717, 1.165) is 0 Å². The molecule has 5 nitrogen and oxygen atoms in total. The van der Waals surface area contributed by atoms with Gasteiger partial charge in [-0.1, -0.05) is 5.16 Å². The Morgan fingerprint density at radius 1 is 1.91 bits per heavy atom. The molecular formula is C6H10N2O3. The molecule has 5 heteroatoms. The third-order valence-electron chi connectivity index (χ3n) is 1.52. The molecule has 0 aliphatic carbocycles. The van der Waals surface area contributed by atoms with E-state index in [2.05, 4.69) is 15.3 Å². The molecule has 1 aliphatic rings. The van der Waals surface area contributed by atoms with Crippen LogP contribution in [0.25, 0.3) is 0 Å². The molecular weight excluding hydrogens is 148 g/mol. The number of carboxylic acids is 1. The van der Waals surface area contributed by atoms with Gasteiger partial charge in [-0.05, 0) is 0 Å². The fraction of sp³-hybridized carbons (Fsp3) is 0.667. The van der Waals surface area contributed by atoms with Crippen LogP contribution in [0.4, 0.5) is 0 Å². The summed E-state index contributed by atoms with van der Waals surface area (Å²) in [7, 11) is 1.41. The number of aliphatic carboxylic acids is 1. The molecule has 0 bridgehead atoms. The molecule has 0 aromatic carbocycles. The minimum absolute atomic E-state index is 0.556. The van der Waals surface area contributed by atoms with Gasteiger partial charge in [-0.25, -0.2) is 0 Å². The minimum Gasteiger partial charge on any atom is -0.480 e. The van der Waals surface area contributed by atoms with Crippen molar-refractivity contribution in [2.75, 3.05) is 13.7 Å². The van der Waals surface area contributed by atoms with E-state index in [1.54, 1.807) is 0 Å². The van der Waals surface area contributed by atoms with Crippen LogP contribution in [0, 0.1) is 0 Å². The van der Waals surface area contributed by atoms with E-state index >= 15 is 0 Å². The van der Waals surface area contributed by atoms with Crippen LogP contribution in [-0.2, 0) is 9.63 Å². The zero-order valence-corrected chi connectivity index (χ0v) is 6.20. The number of hydrogen-bond acceptors (Lipinski definition) is 4. The Bertz CT molecular complexity index is 190. The maximum atomic E-state index is 10.5. The number of oxime groups is 1. The van der Waals surface area contributed by atoms with Gasteiger partial charge in [0, 0.05) is 13.0 Å². The Balaban J connectivity index is 2.65. The van der Waals surface area contributed by atoms with E-state index in [4.69, 9.17) is 5.11 Å². The molecule has 1 heterocycles. The second-order valence-electron chi connectivity index (χ2n) is 2.24. The van der Waals surface area contributed by atoms with Crippen molar-refractivity contribution in [2.45, 2.75) is 12.5 Å². The number of rotatable bonds is 2. The Hall–Kier alpha value is -1.10. The Kier molecular flexibility index (Phi) is 2.43. The van der Waals surface area contributed by atoms with Crippen molar-refractivity contribution >= 4 is 11.7 Å². The Morgan fingerprint density at radius 3 is 3.18 bits per heavy atom. The zero-order valence-electron chi connectivity index (χ0n) is 6.20. The Morgan fingerprint density at radius 2 is 2.64 bits per heavy atom. The number of hydrogen-bond donors (Lipinski definition) is 2. The molecule has 1 unspecified atom stereocenters. The van der Waals surface area contributed by atoms with Crippen LogP contribution in [0.5, 0.6) is 0 Å². The highest BCUT2D eigenvalue weighted by Crippen LogP contribution is 2.03. The lowest BCUT2D eigenvalue weighted by Gasteiger charge is -2.03. The summed E-state index contributed by atoms with van der Waals surface area (Å²) >= 11 is 0. The zero-order chi connectivity index (χ0) is 8.27. The molecule has 0 saturated carbocycles. The Labute approximate surface area is 64.0 Å². The highest BCUT2D eigenvalue weighted by molar-refractivity contribution is 6.06. The summed E-state index contributed by atoms with van der Waals surface area (Å²) in [6.07, 6.45) is 0.644. The van der Waals surface area contributed by atoms with Gasteiger partial charge in [0.05, 0.1) is 5.71 Å². The van der Waals surface area contributed by atoms with Crippen molar-refractivity contribution in [3.05, 3.63) is 0 Å². The highest BCUT2D eigenvalue weighted by Gasteiger charge is 2.28. The summed E-state index contributed by atoms with van der Waals surface area (Å²) in [5.41, 5.74) is 0.556. The number of nitrogens with one attached hydrogen (secondary N) is 1. The lowest BCUT2D eigenvalue weighted by molar-refractivity contribution is -0.137. The maximum Gasteiger partial charge on any atom is 0.326 e. The number of carboxylic acid groups (broad SMARTS) is 1. The van der Waals surface area contributed by atoms with E-state index in [1.807, 2.05) is 0 Å². The molecule has 1 atom stereocenters. The quantitative estimate of drug-likeness (QED) is 0.528. The lowest BCUT2D eigenvalue weighted by atomic mass is 10.2. The van der Waals surface area contributed by atoms with Crippen LogP contribution in [0.2, 0.25) is 0 Å². The highest BCUT2D eigenvalue weighted by atomic mass is 16.6. The molecule has 1 rings (SSSR count). The average molecular weight is 158 g/mol. The summed E-state index contributed by atoms with van der Waals surface area (Å²) in [5.74, 6) is -0.904. The van der Waals surface area contributed by atoms with Gasteiger partial charge in [-0.2, -0.15) is 0 Å². The van der Waals surface area contributed by atoms with Gasteiger partial charge < -0.3 is 9.94 Å². The molecule has 62 valence electrons. The van der Waals surface area contributed by atoms with E-state index in [1.165, 1.54) is 7.11 Å². The standard InChI is InChI=1S/C6H10N2O3/c1-11-8-4-2-3-7-5(4)6(9)10/h5,7H,2-3H2,1H3,(H,9,10). The summed E-state index contributed by atoms with van der Waals surface area (Å²) in [6, 6.07) is -0.657. The molecule has 0 aromatic heterocycles. The van der Waals surface area contributed by atoms with Crippen LogP contribution >= 0.6 is 0 Å². The van der Waals surface area contributed by atoms with E-state index < -0.39 is 12.0 Å². The molecule has 0 aromatic rings.